The summed E-state index contributed by atoms with van der Waals surface area (Å²) in [5.74, 6) is 0.272. The molecular formula is C15H16F3NO3. The molecule has 120 valence electrons. The Hall–Kier alpha value is -1.99. The zero-order chi connectivity index (χ0) is 16.2. The molecule has 0 aliphatic heterocycles. The lowest BCUT2D eigenvalue weighted by Crippen LogP contribution is -2.27. The molecular weight excluding hydrogens is 299 g/mol. The maximum absolute atomic E-state index is 12.2. The molecule has 2 N–H and O–H groups in total. The third-order valence-corrected chi connectivity index (χ3v) is 3.11. The van der Waals surface area contributed by atoms with E-state index in [9.17, 15) is 18.3 Å². The summed E-state index contributed by atoms with van der Waals surface area (Å²) >= 11 is 0. The Balaban J connectivity index is 2.09. The highest BCUT2D eigenvalue weighted by atomic mass is 19.4. The molecule has 0 fully saturated rings. The van der Waals surface area contributed by atoms with E-state index >= 15 is 0 Å². The number of furan rings is 1. The number of benzene rings is 1. The molecule has 2 rings (SSSR count). The molecule has 0 bridgehead atoms. The third-order valence-electron chi connectivity index (χ3n) is 3.11. The molecule has 0 saturated carbocycles. The lowest BCUT2D eigenvalue weighted by Gasteiger charge is -2.21. The summed E-state index contributed by atoms with van der Waals surface area (Å²) in [6.45, 7) is 1.58. The second kappa shape index (κ2) is 6.85. The first-order chi connectivity index (χ1) is 10.4. The van der Waals surface area contributed by atoms with E-state index in [0.29, 0.717) is 11.3 Å². The van der Waals surface area contributed by atoms with Crippen LogP contribution < -0.4 is 10.1 Å². The van der Waals surface area contributed by atoms with E-state index in [0.717, 1.165) is 0 Å². The summed E-state index contributed by atoms with van der Waals surface area (Å²) in [5.41, 5.74) is 0.603. The molecule has 2 aromatic rings. The molecule has 0 saturated heterocycles. The van der Waals surface area contributed by atoms with E-state index in [1.807, 2.05) is 0 Å². The first-order valence-corrected chi connectivity index (χ1v) is 6.65. The van der Waals surface area contributed by atoms with Crippen molar-refractivity contribution in [1.82, 2.24) is 5.32 Å². The van der Waals surface area contributed by atoms with Crippen molar-refractivity contribution in [1.29, 1.82) is 0 Å². The summed E-state index contributed by atoms with van der Waals surface area (Å²) < 4.78 is 45.8. The van der Waals surface area contributed by atoms with Gasteiger partial charge in [0.05, 0.1) is 18.9 Å². The van der Waals surface area contributed by atoms with Crippen molar-refractivity contribution in [3.05, 3.63) is 54.0 Å². The van der Waals surface area contributed by atoms with Crippen molar-refractivity contribution in [2.45, 2.75) is 25.4 Å². The molecule has 22 heavy (non-hydrogen) atoms. The van der Waals surface area contributed by atoms with Crippen molar-refractivity contribution in [3.8, 4) is 5.75 Å². The number of ether oxygens (including phenoxy) is 1. The topological polar surface area (TPSA) is 54.6 Å². The molecule has 0 aliphatic rings. The Bertz CT molecular complexity index is 584. The van der Waals surface area contributed by atoms with Gasteiger partial charge in [-0.25, -0.2) is 0 Å². The Morgan fingerprint density at radius 3 is 2.64 bits per heavy atom. The summed E-state index contributed by atoms with van der Waals surface area (Å²) in [7, 11) is 0. The number of hydrogen-bond acceptors (Lipinski definition) is 4. The van der Waals surface area contributed by atoms with Crippen LogP contribution in [-0.4, -0.2) is 18.1 Å². The van der Waals surface area contributed by atoms with E-state index in [1.165, 1.54) is 24.5 Å². The third kappa shape index (κ3) is 4.51. The Kier molecular flexibility index (Phi) is 5.10. The van der Waals surface area contributed by atoms with Gasteiger partial charge in [-0.05, 0) is 36.8 Å². The van der Waals surface area contributed by atoms with Crippen LogP contribution in [-0.2, 0) is 0 Å². The summed E-state index contributed by atoms with van der Waals surface area (Å²) in [5, 5.41) is 12.5. The Morgan fingerprint density at radius 2 is 2.05 bits per heavy atom. The van der Waals surface area contributed by atoms with E-state index in [2.05, 4.69) is 10.1 Å². The average molecular weight is 315 g/mol. The molecule has 1 heterocycles. The maximum Gasteiger partial charge on any atom is 0.573 e. The van der Waals surface area contributed by atoms with Crippen molar-refractivity contribution >= 4 is 0 Å². The van der Waals surface area contributed by atoms with Gasteiger partial charge in [-0.1, -0.05) is 12.1 Å². The molecule has 2 unspecified atom stereocenters. The van der Waals surface area contributed by atoms with Gasteiger partial charge in [-0.15, -0.1) is 13.2 Å². The fourth-order valence-corrected chi connectivity index (χ4v) is 2.09. The molecule has 7 heteroatoms. The number of nitrogens with one attached hydrogen (secondary N) is 1. The van der Waals surface area contributed by atoms with Gasteiger partial charge in [-0.3, -0.25) is 5.32 Å². The fraction of sp³-hybridized carbons (Fsp3) is 0.333. The van der Waals surface area contributed by atoms with Crippen LogP contribution >= 0.6 is 0 Å². The summed E-state index contributed by atoms with van der Waals surface area (Å²) in [6.07, 6.45) is -3.24. The van der Waals surface area contributed by atoms with Crippen LogP contribution in [0.1, 0.15) is 30.3 Å². The first kappa shape index (κ1) is 16.4. The van der Waals surface area contributed by atoms with Crippen LogP contribution in [0.5, 0.6) is 5.75 Å². The molecule has 1 aromatic heterocycles. The minimum Gasteiger partial charge on any atom is -0.468 e. The lowest BCUT2D eigenvalue weighted by atomic mass is 10.1. The van der Waals surface area contributed by atoms with Gasteiger partial charge in [-0.2, -0.15) is 0 Å². The molecule has 0 spiro atoms. The second-order valence-corrected chi connectivity index (χ2v) is 4.76. The SMILES string of the molecule is CC(NC(CO)c1ccco1)c1cccc(OC(F)(F)F)c1. The maximum atomic E-state index is 12.2. The van der Waals surface area contributed by atoms with Crippen molar-refractivity contribution in [2.24, 2.45) is 0 Å². The van der Waals surface area contributed by atoms with Crippen molar-refractivity contribution in [3.63, 3.8) is 0 Å². The zero-order valence-electron chi connectivity index (χ0n) is 11.8. The van der Waals surface area contributed by atoms with Crippen LogP contribution in [0.4, 0.5) is 13.2 Å². The Morgan fingerprint density at radius 1 is 1.27 bits per heavy atom. The van der Waals surface area contributed by atoms with Gasteiger partial charge in [0.2, 0.25) is 0 Å². The molecule has 0 aliphatic carbocycles. The summed E-state index contributed by atoms with van der Waals surface area (Å²) in [4.78, 5) is 0. The highest BCUT2D eigenvalue weighted by Gasteiger charge is 2.31. The lowest BCUT2D eigenvalue weighted by molar-refractivity contribution is -0.274. The van der Waals surface area contributed by atoms with Gasteiger partial charge in [0.25, 0.3) is 0 Å². The highest BCUT2D eigenvalue weighted by Crippen LogP contribution is 2.26. The fourth-order valence-electron chi connectivity index (χ4n) is 2.09. The molecule has 1 aromatic carbocycles. The monoisotopic (exact) mass is 315 g/mol. The number of hydrogen-bond donors (Lipinski definition) is 2. The zero-order valence-corrected chi connectivity index (χ0v) is 11.8. The smallest absolute Gasteiger partial charge is 0.468 e. The molecule has 0 radical (unpaired) electrons. The van der Waals surface area contributed by atoms with Crippen LogP contribution in [0.25, 0.3) is 0 Å². The van der Waals surface area contributed by atoms with Gasteiger partial charge in [0.15, 0.2) is 0 Å². The minimum absolute atomic E-state index is 0.198. The number of rotatable bonds is 6. The van der Waals surface area contributed by atoms with Gasteiger partial charge < -0.3 is 14.3 Å². The van der Waals surface area contributed by atoms with Crippen LogP contribution in [0.2, 0.25) is 0 Å². The van der Waals surface area contributed by atoms with Gasteiger partial charge in [0.1, 0.15) is 11.5 Å². The van der Waals surface area contributed by atoms with Crippen molar-refractivity contribution < 1.29 is 27.4 Å². The number of halogens is 3. The normalized spacial score (nSPS) is 14.6. The quantitative estimate of drug-likeness (QED) is 0.856. The molecule has 4 nitrogen and oxygen atoms in total. The van der Waals surface area contributed by atoms with Crippen LogP contribution in [0, 0.1) is 0 Å². The minimum atomic E-state index is -4.73. The highest BCUT2D eigenvalue weighted by molar-refractivity contribution is 5.30. The van der Waals surface area contributed by atoms with E-state index < -0.39 is 12.4 Å². The molecule has 0 amide bonds. The predicted octanol–water partition coefficient (Wildman–Crippen LogP) is 3.56. The van der Waals surface area contributed by atoms with E-state index in [1.54, 1.807) is 25.1 Å². The number of aliphatic hydroxyl groups is 1. The average Bonchev–Trinajstić information content (AvgIpc) is 2.97. The van der Waals surface area contributed by atoms with Crippen LogP contribution in [0.15, 0.2) is 47.1 Å². The number of alkyl halides is 3. The largest absolute Gasteiger partial charge is 0.573 e. The summed E-state index contributed by atoms with van der Waals surface area (Å²) in [6, 6.07) is 8.36. The first-order valence-electron chi connectivity index (χ1n) is 6.65. The van der Waals surface area contributed by atoms with E-state index in [-0.39, 0.29) is 18.4 Å². The Labute approximate surface area is 125 Å². The van der Waals surface area contributed by atoms with E-state index in [4.69, 9.17) is 4.42 Å². The second-order valence-electron chi connectivity index (χ2n) is 4.76. The standard InChI is InChI=1S/C15H16F3NO3/c1-10(19-13(9-20)14-6-3-7-21-14)11-4-2-5-12(8-11)22-15(16,17)18/h2-8,10,13,19-20H,9H2,1H3. The van der Waals surface area contributed by atoms with Crippen LogP contribution in [0.3, 0.4) is 0 Å². The van der Waals surface area contributed by atoms with Gasteiger partial charge >= 0.3 is 6.36 Å². The number of aliphatic hydroxyl groups excluding tert-OH is 1. The predicted molar refractivity (Wildman–Crippen MR) is 73.2 cm³/mol. The van der Waals surface area contributed by atoms with Gasteiger partial charge in [0, 0.05) is 6.04 Å². The van der Waals surface area contributed by atoms with Crippen molar-refractivity contribution in [2.75, 3.05) is 6.61 Å². The molecule has 2 atom stereocenters.